The largest absolute Gasteiger partial charge is 0.0891 e. The minimum absolute atomic E-state index is 0.113. The lowest BCUT2D eigenvalue weighted by Crippen LogP contribution is -2.22. The normalized spacial score (nSPS) is 31.7. The van der Waals surface area contributed by atoms with Gasteiger partial charge in [0, 0.05) is 13.6 Å². The zero-order valence-corrected chi connectivity index (χ0v) is 14.7. The van der Waals surface area contributed by atoms with Crippen molar-refractivity contribution in [2.45, 2.75) is 87.7 Å². The zero-order valence-electron chi connectivity index (χ0n) is 12.1. The lowest BCUT2D eigenvalue weighted by Gasteiger charge is -2.30. The minimum Gasteiger partial charge on any atom is -0.0891 e. The Morgan fingerprint density at radius 2 is 1.44 bits per heavy atom. The molecule has 2 heteroatoms. The third-order valence-electron chi connectivity index (χ3n) is 5.18. The molecule has 18 heavy (non-hydrogen) atoms. The van der Waals surface area contributed by atoms with Crippen LogP contribution in [0.2, 0.25) is 18.1 Å². The quantitative estimate of drug-likeness (QED) is 0.426. The molecule has 105 valence electrons. The van der Waals surface area contributed by atoms with Gasteiger partial charge in [0.15, 0.2) is 0 Å². The Labute approximate surface area is 124 Å². The van der Waals surface area contributed by atoms with Gasteiger partial charge in [-0.05, 0) is 37.5 Å². The van der Waals surface area contributed by atoms with E-state index in [4.69, 9.17) is 0 Å². The molecule has 2 fully saturated rings. The highest BCUT2D eigenvalue weighted by atomic mass is 79.9. The first-order valence-corrected chi connectivity index (χ1v) is 11.3. The summed E-state index contributed by atoms with van der Waals surface area (Å²) in [5.74, 6) is 2.18. The second-order valence-corrected chi connectivity index (χ2v) is 10.9. The molecule has 0 amide bonds. The number of rotatable bonds is 5. The van der Waals surface area contributed by atoms with Gasteiger partial charge in [-0.3, -0.25) is 0 Å². The van der Waals surface area contributed by atoms with E-state index in [0.29, 0.717) is 0 Å². The third-order valence-corrected chi connectivity index (χ3v) is 9.29. The van der Waals surface area contributed by atoms with Crippen LogP contribution in [0.3, 0.4) is 0 Å². The van der Waals surface area contributed by atoms with E-state index in [2.05, 4.69) is 22.9 Å². The first kappa shape index (κ1) is 15.1. The molecule has 0 aromatic rings. The molecule has 0 aromatic heterocycles. The summed E-state index contributed by atoms with van der Waals surface area (Å²) < 4.78 is 0. The van der Waals surface area contributed by atoms with Crippen molar-refractivity contribution < 1.29 is 0 Å². The molecule has 0 bridgehead atoms. The Morgan fingerprint density at radius 1 is 0.889 bits per heavy atom. The van der Waals surface area contributed by atoms with Crippen LogP contribution in [0, 0.1) is 11.8 Å². The fourth-order valence-corrected chi connectivity index (χ4v) is 7.48. The molecule has 1 heterocycles. The van der Waals surface area contributed by atoms with Gasteiger partial charge in [0.2, 0.25) is 0 Å². The van der Waals surface area contributed by atoms with Crippen molar-refractivity contribution >= 4 is 24.7 Å². The van der Waals surface area contributed by atoms with Gasteiger partial charge in [-0.2, -0.15) is 0 Å². The van der Waals surface area contributed by atoms with Crippen LogP contribution in [0.5, 0.6) is 0 Å². The van der Waals surface area contributed by atoms with Crippen LogP contribution in [-0.4, -0.2) is 13.6 Å². The lowest BCUT2D eigenvalue weighted by atomic mass is 9.83. The number of hydrogen-bond acceptors (Lipinski definition) is 0. The zero-order chi connectivity index (χ0) is 12.8. The summed E-state index contributed by atoms with van der Waals surface area (Å²) in [6.45, 7) is 2.37. The molecule has 2 aliphatic rings. The van der Waals surface area contributed by atoms with Gasteiger partial charge in [0.1, 0.15) is 0 Å². The molecular formula is C16H30BrSi. The third kappa shape index (κ3) is 5.00. The van der Waals surface area contributed by atoms with Gasteiger partial charge in [0.05, 0.1) is 0 Å². The molecule has 0 unspecified atom stereocenters. The summed E-state index contributed by atoms with van der Waals surface area (Å²) in [6, 6.07) is 4.86. The maximum absolute atomic E-state index is 3.77. The van der Waals surface area contributed by atoms with E-state index in [-0.39, 0.29) is 8.80 Å². The van der Waals surface area contributed by atoms with Crippen LogP contribution in [0.4, 0.5) is 0 Å². The van der Waals surface area contributed by atoms with Crippen molar-refractivity contribution in [2.75, 3.05) is 0 Å². The fourth-order valence-electron chi connectivity index (χ4n) is 3.86. The molecule has 1 saturated carbocycles. The Morgan fingerprint density at radius 3 is 2.00 bits per heavy atom. The van der Waals surface area contributed by atoms with Gasteiger partial charge in [0.25, 0.3) is 0 Å². The predicted molar refractivity (Wildman–Crippen MR) is 87.1 cm³/mol. The van der Waals surface area contributed by atoms with Crippen molar-refractivity contribution in [3.05, 3.63) is 0 Å². The number of alkyl halides is 1. The van der Waals surface area contributed by atoms with Crippen LogP contribution in [0.25, 0.3) is 0 Å². The Kier molecular flexibility index (Phi) is 6.78. The van der Waals surface area contributed by atoms with Gasteiger partial charge in [-0.1, -0.05) is 73.1 Å². The van der Waals surface area contributed by atoms with Crippen molar-refractivity contribution in [1.29, 1.82) is 0 Å². The Bertz CT molecular complexity index is 215. The van der Waals surface area contributed by atoms with E-state index in [0.717, 1.165) is 16.7 Å². The Balaban J connectivity index is 1.57. The van der Waals surface area contributed by atoms with Crippen LogP contribution in [-0.2, 0) is 0 Å². The molecule has 1 aliphatic carbocycles. The second kappa shape index (κ2) is 8.09. The highest BCUT2D eigenvalue weighted by Crippen LogP contribution is 2.35. The average molecular weight is 330 g/mol. The molecule has 1 radical (unpaired) electrons. The predicted octanol–water partition coefficient (Wildman–Crippen LogP) is 6.04. The van der Waals surface area contributed by atoms with Gasteiger partial charge >= 0.3 is 0 Å². The van der Waals surface area contributed by atoms with Crippen LogP contribution >= 0.6 is 15.9 Å². The highest BCUT2D eigenvalue weighted by molar-refractivity contribution is 9.09. The molecule has 2 rings (SSSR count). The summed E-state index contributed by atoms with van der Waals surface area (Å²) in [5.41, 5.74) is 0. The Hall–Kier alpha value is 0.697. The van der Waals surface area contributed by atoms with Crippen LogP contribution < -0.4 is 0 Å². The van der Waals surface area contributed by atoms with Crippen molar-refractivity contribution in [3.63, 3.8) is 0 Å². The molecule has 0 atom stereocenters. The monoisotopic (exact) mass is 329 g/mol. The van der Waals surface area contributed by atoms with Crippen molar-refractivity contribution in [1.82, 2.24) is 0 Å². The number of halogens is 1. The van der Waals surface area contributed by atoms with Gasteiger partial charge in [-0.15, -0.1) is 0 Å². The van der Waals surface area contributed by atoms with E-state index >= 15 is 0 Å². The molecule has 1 saturated heterocycles. The first-order chi connectivity index (χ1) is 8.78. The van der Waals surface area contributed by atoms with E-state index < -0.39 is 0 Å². The lowest BCUT2D eigenvalue weighted by molar-refractivity contribution is 0.304. The molecular weight excluding hydrogens is 300 g/mol. The second-order valence-electron chi connectivity index (χ2n) is 6.64. The SMILES string of the molecule is CCC[Si]1CCC(CCC2CCC(Br)CC2)CC1. The smallest absolute Gasteiger partial charge is 0.0479 e. The van der Waals surface area contributed by atoms with Gasteiger partial charge < -0.3 is 0 Å². The van der Waals surface area contributed by atoms with E-state index in [1.165, 1.54) is 32.1 Å². The summed E-state index contributed by atoms with van der Waals surface area (Å²) in [5, 5.41) is 0. The fraction of sp³-hybridized carbons (Fsp3) is 1.00. The molecule has 0 nitrogen and oxygen atoms in total. The summed E-state index contributed by atoms with van der Waals surface area (Å²) in [6.07, 6.45) is 13.6. The molecule has 0 aromatic carbocycles. The summed E-state index contributed by atoms with van der Waals surface area (Å²) >= 11 is 3.77. The average Bonchev–Trinajstić information content (AvgIpc) is 2.40. The maximum Gasteiger partial charge on any atom is 0.0479 e. The number of hydrogen-bond donors (Lipinski definition) is 0. The van der Waals surface area contributed by atoms with Crippen molar-refractivity contribution in [2.24, 2.45) is 11.8 Å². The van der Waals surface area contributed by atoms with Crippen LogP contribution in [0.1, 0.15) is 64.7 Å². The van der Waals surface area contributed by atoms with E-state index in [9.17, 15) is 0 Å². The van der Waals surface area contributed by atoms with E-state index in [1.807, 2.05) is 0 Å². The van der Waals surface area contributed by atoms with Crippen LogP contribution in [0.15, 0.2) is 0 Å². The first-order valence-electron chi connectivity index (χ1n) is 8.25. The highest BCUT2D eigenvalue weighted by Gasteiger charge is 2.24. The summed E-state index contributed by atoms with van der Waals surface area (Å²) in [7, 11) is 0.113. The standard InChI is InChI=1S/C16H30BrSi/c1-2-11-18-12-9-15(10-13-18)4-3-14-5-7-16(17)8-6-14/h14-16H,2-13H2,1H3. The van der Waals surface area contributed by atoms with Crippen molar-refractivity contribution in [3.8, 4) is 0 Å². The molecule has 1 aliphatic heterocycles. The van der Waals surface area contributed by atoms with Gasteiger partial charge in [-0.25, -0.2) is 0 Å². The topological polar surface area (TPSA) is 0 Å². The maximum atomic E-state index is 3.77. The summed E-state index contributed by atoms with van der Waals surface area (Å²) in [4.78, 5) is 0.836. The molecule has 0 spiro atoms. The molecule has 0 N–H and O–H groups in total. The minimum atomic E-state index is 0.113. The van der Waals surface area contributed by atoms with E-state index in [1.54, 1.807) is 43.8 Å².